The Morgan fingerprint density at radius 1 is 1.21 bits per heavy atom. The predicted octanol–water partition coefficient (Wildman–Crippen LogP) is 4.10. The normalized spacial score (nSPS) is 17.4. The van der Waals surface area contributed by atoms with Gasteiger partial charge in [0.15, 0.2) is 0 Å². The standard InChI is InChI=1S/C21H25ClN2O3S/c1-16-8-10-20(11-9-16)28(26,27)24(19-7-3-6-18(22)13-19)15-21(25)23-12-4-5-17(2)14-23/h3,6-11,13,17H,4-5,12,14-15H2,1-2H3. The molecule has 1 aliphatic rings. The maximum Gasteiger partial charge on any atom is 0.264 e. The number of amides is 1. The van der Waals surface area contributed by atoms with Crippen LogP contribution in [0.1, 0.15) is 25.3 Å². The number of piperidine rings is 1. The summed E-state index contributed by atoms with van der Waals surface area (Å²) in [7, 11) is -3.91. The van der Waals surface area contributed by atoms with Crippen LogP contribution in [0.15, 0.2) is 53.4 Å². The highest BCUT2D eigenvalue weighted by Crippen LogP contribution is 2.27. The zero-order valence-electron chi connectivity index (χ0n) is 16.1. The molecule has 0 bridgehead atoms. The van der Waals surface area contributed by atoms with E-state index in [2.05, 4.69) is 6.92 Å². The fourth-order valence-electron chi connectivity index (χ4n) is 3.42. The molecule has 0 spiro atoms. The molecule has 0 saturated carbocycles. The molecule has 1 saturated heterocycles. The highest BCUT2D eigenvalue weighted by molar-refractivity contribution is 7.92. The second-order valence-electron chi connectivity index (χ2n) is 7.39. The van der Waals surface area contributed by atoms with Crippen molar-refractivity contribution in [2.24, 2.45) is 5.92 Å². The van der Waals surface area contributed by atoms with Crippen molar-refractivity contribution in [2.75, 3.05) is 23.9 Å². The van der Waals surface area contributed by atoms with Crippen LogP contribution in [0.25, 0.3) is 0 Å². The van der Waals surface area contributed by atoms with Gasteiger partial charge in [-0.05, 0) is 56.0 Å². The predicted molar refractivity (Wildman–Crippen MR) is 112 cm³/mol. The molecule has 1 unspecified atom stereocenters. The summed E-state index contributed by atoms with van der Waals surface area (Å²) in [6.45, 7) is 5.08. The van der Waals surface area contributed by atoms with Crippen molar-refractivity contribution in [3.05, 3.63) is 59.1 Å². The van der Waals surface area contributed by atoms with Gasteiger partial charge in [-0.1, -0.05) is 42.3 Å². The third kappa shape index (κ3) is 4.67. The number of hydrogen-bond acceptors (Lipinski definition) is 3. The van der Waals surface area contributed by atoms with Crippen molar-refractivity contribution < 1.29 is 13.2 Å². The van der Waals surface area contributed by atoms with Gasteiger partial charge in [0, 0.05) is 18.1 Å². The summed E-state index contributed by atoms with van der Waals surface area (Å²) in [5.74, 6) is 0.230. The first-order chi connectivity index (χ1) is 13.3. The lowest BCUT2D eigenvalue weighted by molar-refractivity contribution is -0.131. The molecule has 1 atom stereocenters. The number of rotatable bonds is 5. The summed E-state index contributed by atoms with van der Waals surface area (Å²) in [4.78, 5) is 14.8. The van der Waals surface area contributed by atoms with Gasteiger partial charge in [-0.15, -0.1) is 0 Å². The van der Waals surface area contributed by atoms with Crippen LogP contribution < -0.4 is 4.31 Å². The molecular formula is C21H25ClN2O3S. The van der Waals surface area contributed by atoms with Gasteiger partial charge in [-0.25, -0.2) is 8.42 Å². The van der Waals surface area contributed by atoms with Crippen LogP contribution in [0, 0.1) is 12.8 Å². The Bertz CT molecular complexity index is 944. The Labute approximate surface area is 172 Å². The van der Waals surface area contributed by atoms with Crippen molar-refractivity contribution in [1.82, 2.24) is 4.90 Å². The highest BCUT2D eigenvalue weighted by atomic mass is 35.5. The number of carbonyl (C=O) groups is 1. The van der Waals surface area contributed by atoms with E-state index in [0.29, 0.717) is 29.7 Å². The van der Waals surface area contributed by atoms with Crippen LogP contribution in [0.3, 0.4) is 0 Å². The lowest BCUT2D eigenvalue weighted by Gasteiger charge is -2.33. The molecule has 0 aromatic heterocycles. The van der Waals surface area contributed by atoms with Crippen LogP contribution in [0.4, 0.5) is 5.69 Å². The molecule has 0 radical (unpaired) electrons. The maximum atomic E-state index is 13.4. The minimum Gasteiger partial charge on any atom is -0.341 e. The minimum absolute atomic E-state index is 0.151. The van der Waals surface area contributed by atoms with E-state index in [0.717, 1.165) is 22.7 Å². The van der Waals surface area contributed by atoms with Crippen molar-refractivity contribution in [3.63, 3.8) is 0 Å². The Kier molecular flexibility index (Phi) is 6.30. The molecule has 0 aliphatic carbocycles. The second kappa shape index (κ2) is 8.53. The quantitative estimate of drug-likeness (QED) is 0.731. The van der Waals surface area contributed by atoms with Crippen molar-refractivity contribution in [3.8, 4) is 0 Å². The van der Waals surface area contributed by atoms with Gasteiger partial charge >= 0.3 is 0 Å². The second-order valence-corrected chi connectivity index (χ2v) is 9.69. The number of sulfonamides is 1. The van der Waals surface area contributed by atoms with Crippen molar-refractivity contribution in [1.29, 1.82) is 0 Å². The fourth-order valence-corrected chi connectivity index (χ4v) is 5.01. The molecule has 2 aromatic rings. The zero-order valence-corrected chi connectivity index (χ0v) is 17.7. The first-order valence-electron chi connectivity index (χ1n) is 9.40. The molecule has 5 nitrogen and oxygen atoms in total. The first-order valence-corrected chi connectivity index (χ1v) is 11.2. The summed E-state index contributed by atoms with van der Waals surface area (Å²) < 4.78 is 27.9. The monoisotopic (exact) mass is 420 g/mol. The summed E-state index contributed by atoms with van der Waals surface area (Å²) in [5, 5.41) is 0.417. The number of nitrogens with zero attached hydrogens (tertiary/aromatic N) is 2. The summed E-state index contributed by atoms with van der Waals surface area (Å²) in [6, 6.07) is 13.2. The average molecular weight is 421 g/mol. The van der Waals surface area contributed by atoms with Gasteiger partial charge in [0.2, 0.25) is 5.91 Å². The lowest BCUT2D eigenvalue weighted by atomic mass is 10.0. The van der Waals surface area contributed by atoms with E-state index in [1.165, 1.54) is 0 Å². The van der Waals surface area contributed by atoms with Crippen molar-refractivity contribution in [2.45, 2.75) is 31.6 Å². The molecule has 1 amide bonds. The maximum absolute atomic E-state index is 13.4. The van der Waals surface area contributed by atoms with Crippen LogP contribution in [0.5, 0.6) is 0 Å². The largest absolute Gasteiger partial charge is 0.341 e. The average Bonchev–Trinajstić information content (AvgIpc) is 2.66. The van der Waals surface area contributed by atoms with Gasteiger partial charge < -0.3 is 4.90 Å². The minimum atomic E-state index is -3.91. The van der Waals surface area contributed by atoms with Gasteiger partial charge in [-0.2, -0.15) is 0 Å². The van der Waals surface area contributed by atoms with E-state index in [1.54, 1.807) is 53.4 Å². The Morgan fingerprint density at radius 3 is 2.57 bits per heavy atom. The number of aryl methyl sites for hydroxylation is 1. The third-order valence-corrected chi connectivity index (χ3v) is 7.02. The Balaban J connectivity index is 1.95. The lowest BCUT2D eigenvalue weighted by Crippen LogP contribution is -2.46. The van der Waals surface area contributed by atoms with Crippen LogP contribution in [-0.2, 0) is 14.8 Å². The number of carbonyl (C=O) groups excluding carboxylic acids is 1. The molecule has 0 N–H and O–H groups in total. The zero-order chi connectivity index (χ0) is 20.3. The van der Waals surface area contributed by atoms with E-state index in [1.807, 2.05) is 6.92 Å². The molecule has 1 aliphatic heterocycles. The fraction of sp³-hybridized carbons (Fsp3) is 0.381. The summed E-state index contributed by atoms with van der Waals surface area (Å²) in [5.41, 5.74) is 1.35. The molecule has 7 heteroatoms. The molecular weight excluding hydrogens is 396 g/mol. The van der Waals surface area contributed by atoms with Crippen LogP contribution in [-0.4, -0.2) is 38.9 Å². The summed E-state index contributed by atoms with van der Waals surface area (Å²) in [6.07, 6.45) is 2.03. The number of anilines is 1. The Hall–Kier alpha value is -2.05. The van der Waals surface area contributed by atoms with Crippen LogP contribution in [0.2, 0.25) is 5.02 Å². The van der Waals surface area contributed by atoms with E-state index >= 15 is 0 Å². The SMILES string of the molecule is Cc1ccc(S(=O)(=O)N(CC(=O)N2CCCC(C)C2)c2cccc(Cl)c2)cc1. The van der Waals surface area contributed by atoms with E-state index in [4.69, 9.17) is 11.6 Å². The van der Waals surface area contributed by atoms with Gasteiger partial charge in [0.05, 0.1) is 10.6 Å². The van der Waals surface area contributed by atoms with E-state index in [-0.39, 0.29) is 17.3 Å². The van der Waals surface area contributed by atoms with E-state index < -0.39 is 10.0 Å². The Morgan fingerprint density at radius 2 is 1.93 bits per heavy atom. The van der Waals surface area contributed by atoms with E-state index in [9.17, 15) is 13.2 Å². The molecule has 2 aromatic carbocycles. The van der Waals surface area contributed by atoms with Gasteiger partial charge in [0.25, 0.3) is 10.0 Å². The molecule has 3 rings (SSSR count). The van der Waals surface area contributed by atoms with Gasteiger partial charge in [0.1, 0.15) is 6.54 Å². The molecule has 1 fully saturated rings. The number of halogens is 1. The number of likely N-dealkylation sites (tertiary alicyclic amines) is 1. The third-order valence-electron chi connectivity index (χ3n) is 4.99. The molecule has 150 valence electrons. The first kappa shape index (κ1) is 20.7. The molecule has 28 heavy (non-hydrogen) atoms. The summed E-state index contributed by atoms with van der Waals surface area (Å²) >= 11 is 6.09. The number of benzene rings is 2. The van der Waals surface area contributed by atoms with Gasteiger partial charge in [-0.3, -0.25) is 9.10 Å². The van der Waals surface area contributed by atoms with Crippen molar-refractivity contribution >= 4 is 33.2 Å². The number of hydrogen-bond donors (Lipinski definition) is 0. The highest BCUT2D eigenvalue weighted by Gasteiger charge is 2.30. The van der Waals surface area contributed by atoms with Crippen LogP contribution >= 0.6 is 11.6 Å². The smallest absolute Gasteiger partial charge is 0.264 e. The molecule has 1 heterocycles. The topological polar surface area (TPSA) is 57.7 Å².